The average molecular weight is 256 g/mol. The number of carbonyl (C=O) groups excluding carboxylic acids is 1. The van der Waals surface area contributed by atoms with Gasteiger partial charge in [-0.05, 0) is 46.1 Å². The van der Waals surface area contributed by atoms with E-state index in [1.807, 2.05) is 14.0 Å². The second-order valence-electron chi connectivity index (χ2n) is 5.41. The van der Waals surface area contributed by atoms with Crippen molar-refractivity contribution >= 4 is 5.97 Å². The van der Waals surface area contributed by atoms with E-state index in [0.29, 0.717) is 12.6 Å². The standard InChI is InChI=1S/C14H28N2O2/c1-5-18-14(17)13(15-4)8-9-16-10-11(2)6-7-12(16)3/h11-13,15H,5-10H2,1-4H3. The Labute approximate surface area is 111 Å². The van der Waals surface area contributed by atoms with Gasteiger partial charge in [0.15, 0.2) is 0 Å². The number of rotatable bonds is 6. The van der Waals surface area contributed by atoms with Gasteiger partial charge in [-0.15, -0.1) is 0 Å². The van der Waals surface area contributed by atoms with Crippen LogP contribution >= 0.6 is 0 Å². The van der Waals surface area contributed by atoms with Crippen LogP contribution in [0.25, 0.3) is 0 Å². The van der Waals surface area contributed by atoms with E-state index in [4.69, 9.17) is 4.74 Å². The first kappa shape index (κ1) is 15.4. The molecule has 1 aliphatic rings. The van der Waals surface area contributed by atoms with Crippen LogP contribution in [0.15, 0.2) is 0 Å². The zero-order valence-corrected chi connectivity index (χ0v) is 12.2. The molecule has 3 unspecified atom stereocenters. The lowest BCUT2D eigenvalue weighted by Gasteiger charge is -2.37. The first-order valence-corrected chi connectivity index (χ1v) is 7.16. The lowest BCUT2D eigenvalue weighted by atomic mass is 9.94. The minimum absolute atomic E-state index is 0.127. The highest BCUT2D eigenvalue weighted by atomic mass is 16.5. The van der Waals surface area contributed by atoms with Crippen molar-refractivity contribution in [2.45, 2.75) is 52.1 Å². The summed E-state index contributed by atoms with van der Waals surface area (Å²) in [7, 11) is 1.82. The molecule has 0 spiro atoms. The summed E-state index contributed by atoms with van der Waals surface area (Å²) in [6.07, 6.45) is 3.42. The van der Waals surface area contributed by atoms with Crippen LogP contribution < -0.4 is 5.32 Å². The molecular formula is C14H28N2O2. The molecule has 0 aromatic heterocycles. The summed E-state index contributed by atoms with van der Waals surface area (Å²) in [4.78, 5) is 14.2. The third-order valence-electron chi connectivity index (χ3n) is 3.87. The minimum atomic E-state index is -0.172. The highest BCUT2D eigenvalue weighted by molar-refractivity contribution is 5.75. The van der Waals surface area contributed by atoms with Crippen LogP contribution in [0.3, 0.4) is 0 Å². The maximum Gasteiger partial charge on any atom is 0.323 e. The zero-order chi connectivity index (χ0) is 13.5. The van der Waals surface area contributed by atoms with Crippen molar-refractivity contribution in [3.05, 3.63) is 0 Å². The van der Waals surface area contributed by atoms with E-state index in [2.05, 4.69) is 24.1 Å². The first-order valence-electron chi connectivity index (χ1n) is 7.16. The second kappa shape index (κ2) is 7.74. The molecular weight excluding hydrogens is 228 g/mol. The zero-order valence-electron chi connectivity index (χ0n) is 12.2. The van der Waals surface area contributed by atoms with Crippen LogP contribution in [-0.2, 0) is 9.53 Å². The van der Waals surface area contributed by atoms with Gasteiger partial charge in [0.25, 0.3) is 0 Å². The van der Waals surface area contributed by atoms with Crippen LogP contribution in [0.5, 0.6) is 0 Å². The lowest BCUT2D eigenvalue weighted by Crippen LogP contribution is -2.45. The fraction of sp³-hybridized carbons (Fsp3) is 0.929. The molecule has 18 heavy (non-hydrogen) atoms. The largest absolute Gasteiger partial charge is 0.465 e. The summed E-state index contributed by atoms with van der Waals surface area (Å²) in [5.74, 6) is 0.648. The summed E-state index contributed by atoms with van der Waals surface area (Å²) in [6, 6.07) is 0.468. The van der Waals surface area contributed by atoms with E-state index >= 15 is 0 Å². The van der Waals surface area contributed by atoms with Crippen molar-refractivity contribution in [3.8, 4) is 0 Å². The molecule has 0 aliphatic carbocycles. The number of nitrogens with zero attached hydrogens (tertiary/aromatic N) is 1. The molecule has 3 atom stereocenters. The summed E-state index contributed by atoms with van der Waals surface area (Å²) < 4.78 is 5.06. The summed E-state index contributed by atoms with van der Waals surface area (Å²) in [6.45, 7) is 9.01. The Balaban J connectivity index is 2.39. The Kier molecular flexibility index (Phi) is 6.65. The number of piperidine rings is 1. The molecule has 1 heterocycles. The summed E-state index contributed by atoms with van der Waals surface area (Å²) in [5.41, 5.74) is 0. The van der Waals surface area contributed by atoms with Gasteiger partial charge in [-0.2, -0.15) is 0 Å². The predicted molar refractivity (Wildman–Crippen MR) is 73.5 cm³/mol. The van der Waals surface area contributed by atoms with E-state index in [9.17, 15) is 4.79 Å². The maximum absolute atomic E-state index is 11.7. The van der Waals surface area contributed by atoms with Crippen LogP contribution in [0.1, 0.15) is 40.0 Å². The van der Waals surface area contributed by atoms with Gasteiger partial charge in [0, 0.05) is 19.1 Å². The van der Waals surface area contributed by atoms with E-state index in [-0.39, 0.29) is 12.0 Å². The molecule has 0 amide bonds. The molecule has 1 fully saturated rings. The van der Waals surface area contributed by atoms with Gasteiger partial charge in [-0.25, -0.2) is 0 Å². The number of esters is 1. The third kappa shape index (κ3) is 4.58. The van der Waals surface area contributed by atoms with E-state index < -0.39 is 0 Å². The molecule has 106 valence electrons. The molecule has 4 heteroatoms. The van der Waals surface area contributed by atoms with Gasteiger partial charge in [0.2, 0.25) is 0 Å². The van der Waals surface area contributed by atoms with Crippen molar-refractivity contribution in [1.29, 1.82) is 0 Å². The normalized spacial score (nSPS) is 26.9. The molecule has 0 aromatic carbocycles. The fourth-order valence-electron chi connectivity index (χ4n) is 2.61. The lowest BCUT2D eigenvalue weighted by molar-refractivity contribution is -0.145. The van der Waals surface area contributed by atoms with Gasteiger partial charge >= 0.3 is 5.97 Å². The van der Waals surface area contributed by atoms with Crippen LogP contribution in [0.4, 0.5) is 0 Å². The second-order valence-corrected chi connectivity index (χ2v) is 5.41. The molecule has 1 aliphatic heterocycles. The van der Waals surface area contributed by atoms with E-state index in [0.717, 1.165) is 25.4 Å². The van der Waals surface area contributed by atoms with Gasteiger partial charge in [0.05, 0.1) is 6.61 Å². The van der Waals surface area contributed by atoms with Crippen LogP contribution in [-0.4, -0.2) is 49.7 Å². The average Bonchev–Trinajstić information content (AvgIpc) is 2.34. The molecule has 0 aromatic rings. The van der Waals surface area contributed by atoms with Crippen molar-refractivity contribution in [3.63, 3.8) is 0 Å². The Hall–Kier alpha value is -0.610. The van der Waals surface area contributed by atoms with E-state index in [1.165, 1.54) is 12.8 Å². The molecule has 0 radical (unpaired) electrons. The van der Waals surface area contributed by atoms with Gasteiger partial charge in [-0.3, -0.25) is 4.79 Å². The van der Waals surface area contributed by atoms with Crippen molar-refractivity contribution < 1.29 is 9.53 Å². The Morgan fingerprint density at radius 1 is 1.44 bits per heavy atom. The molecule has 0 saturated carbocycles. The smallest absolute Gasteiger partial charge is 0.323 e. The van der Waals surface area contributed by atoms with Crippen molar-refractivity contribution in [2.24, 2.45) is 5.92 Å². The number of hydrogen-bond acceptors (Lipinski definition) is 4. The monoisotopic (exact) mass is 256 g/mol. The molecule has 1 saturated heterocycles. The molecule has 1 N–H and O–H groups in total. The van der Waals surface area contributed by atoms with E-state index in [1.54, 1.807) is 0 Å². The number of hydrogen-bond donors (Lipinski definition) is 1. The number of likely N-dealkylation sites (tertiary alicyclic amines) is 1. The highest BCUT2D eigenvalue weighted by Crippen LogP contribution is 2.21. The summed E-state index contributed by atoms with van der Waals surface area (Å²) >= 11 is 0. The highest BCUT2D eigenvalue weighted by Gasteiger charge is 2.25. The maximum atomic E-state index is 11.7. The topological polar surface area (TPSA) is 41.6 Å². The quantitative estimate of drug-likeness (QED) is 0.734. The van der Waals surface area contributed by atoms with Crippen molar-refractivity contribution in [2.75, 3.05) is 26.7 Å². The number of ether oxygens (including phenoxy) is 1. The summed E-state index contributed by atoms with van der Waals surface area (Å²) in [5, 5.41) is 3.05. The molecule has 0 bridgehead atoms. The van der Waals surface area contributed by atoms with Gasteiger partial charge in [0.1, 0.15) is 6.04 Å². The Bertz CT molecular complexity index is 258. The Morgan fingerprint density at radius 3 is 2.78 bits per heavy atom. The van der Waals surface area contributed by atoms with Gasteiger partial charge in [-0.1, -0.05) is 6.92 Å². The number of likely N-dealkylation sites (N-methyl/N-ethyl adjacent to an activating group) is 1. The third-order valence-corrected chi connectivity index (χ3v) is 3.87. The SMILES string of the molecule is CCOC(=O)C(CCN1CC(C)CCC1C)NC. The first-order chi connectivity index (χ1) is 8.58. The van der Waals surface area contributed by atoms with Crippen molar-refractivity contribution in [1.82, 2.24) is 10.2 Å². The molecule has 1 rings (SSSR count). The Morgan fingerprint density at radius 2 is 2.17 bits per heavy atom. The molecule has 4 nitrogen and oxygen atoms in total. The van der Waals surface area contributed by atoms with Crippen LogP contribution in [0, 0.1) is 5.92 Å². The van der Waals surface area contributed by atoms with Crippen LogP contribution in [0.2, 0.25) is 0 Å². The number of carbonyl (C=O) groups is 1. The van der Waals surface area contributed by atoms with Gasteiger partial charge < -0.3 is 15.0 Å². The number of nitrogens with one attached hydrogen (secondary N) is 1. The fourth-order valence-corrected chi connectivity index (χ4v) is 2.61. The minimum Gasteiger partial charge on any atom is -0.465 e. The predicted octanol–water partition coefficient (Wildman–Crippen LogP) is 1.65.